The molecule has 1 aliphatic heterocycles. The van der Waals surface area contributed by atoms with Crippen molar-refractivity contribution in [2.24, 2.45) is 0 Å². The molecule has 190 valence electrons. The van der Waals surface area contributed by atoms with E-state index in [1.807, 2.05) is 0 Å². The second kappa shape index (κ2) is 8.86. The van der Waals surface area contributed by atoms with E-state index in [-0.39, 0.29) is 5.92 Å². The Morgan fingerprint density at radius 3 is 2.56 bits per heavy atom. The highest BCUT2D eigenvalue weighted by molar-refractivity contribution is 9.10. The number of fused-ring (bicyclic) bond motifs is 8. The Labute approximate surface area is 241 Å². The predicted molar refractivity (Wildman–Crippen MR) is 169 cm³/mol. The third-order valence-electron chi connectivity index (χ3n) is 7.91. The number of hydrogen-bond donors (Lipinski definition) is 4. The van der Waals surface area contributed by atoms with Gasteiger partial charge in [0.05, 0.1) is 17.0 Å². The van der Waals surface area contributed by atoms with E-state index in [1.54, 1.807) is 0 Å². The SMILES string of the molecule is Brc1ccc2c(c1)C(c1nc3c4ccccc4c4ccc(NCc5c[nH]c6ccc(Br)cc56)cc4c3[nH]1)CN2. The molecule has 0 saturated carbocycles. The Morgan fingerprint density at radius 1 is 0.821 bits per heavy atom. The number of imidazole rings is 1. The average Bonchev–Trinajstić information content (AvgIpc) is 3.68. The lowest BCUT2D eigenvalue weighted by Crippen LogP contribution is -2.05. The number of aromatic amines is 2. The maximum Gasteiger partial charge on any atom is 0.116 e. The van der Waals surface area contributed by atoms with E-state index < -0.39 is 0 Å². The molecule has 0 aliphatic carbocycles. The molecular weight excluding hydrogens is 614 g/mol. The van der Waals surface area contributed by atoms with Crippen LogP contribution in [0, 0.1) is 0 Å². The zero-order chi connectivity index (χ0) is 26.1. The summed E-state index contributed by atoms with van der Waals surface area (Å²) in [4.78, 5) is 12.4. The van der Waals surface area contributed by atoms with Crippen molar-refractivity contribution >= 4 is 86.7 Å². The minimum Gasteiger partial charge on any atom is -0.384 e. The van der Waals surface area contributed by atoms with Gasteiger partial charge in [-0.3, -0.25) is 0 Å². The summed E-state index contributed by atoms with van der Waals surface area (Å²) in [6.07, 6.45) is 2.09. The highest BCUT2D eigenvalue weighted by Gasteiger charge is 2.27. The van der Waals surface area contributed by atoms with E-state index in [4.69, 9.17) is 4.98 Å². The molecule has 1 unspecified atom stereocenters. The first-order valence-corrected chi connectivity index (χ1v) is 14.6. The summed E-state index contributed by atoms with van der Waals surface area (Å²) in [5, 5.41) is 13.2. The van der Waals surface area contributed by atoms with Crippen LogP contribution in [-0.2, 0) is 6.54 Å². The highest BCUT2D eigenvalue weighted by Crippen LogP contribution is 2.40. The summed E-state index contributed by atoms with van der Waals surface area (Å²) in [6, 6.07) is 28.0. The molecule has 7 heteroatoms. The second-order valence-corrected chi connectivity index (χ2v) is 12.0. The first-order chi connectivity index (χ1) is 19.1. The van der Waals surface area contributed by atoms with Gasteiger partial charge >= 0.3 is 0 Å². The molecule has 1 aliphatic rings. The molecule has 5 aromatic carbocycles. The summed E-state index contributed by atoms with van der Waals surface area (Å²) in [5.41, 5.74) is 8.01. The molecule has 3 heterocycles. The first-order valence-electron chi connectivity index (χ1n) is 13.0. The predicted octanol–water partition coefficient (Wildman–Crippen LogP) is 9.05. The van der Waals surface area contributed by atoms with Crippen LogP contribution in [0.15, 0.2) is 94.0 Å². The van der Waals surface area contributed by atoms with Gasteiger partial charge in [0.1, 0.15) is 5.82 Å². The van der Waals surface area contributed by atoms with Crippen molar-refractivity contribution in [3.8, 4) is 0 Å². The van der Waals surface area contributed by atoms with E-state index >= 15 is 0 Å². The van der Waals surface area contributed by atoms with Crippen molar-refractivity contribution in [3.05, 3.63) is 111 Å². The number of benzene rings is 5. The van der Waals surface area contributed by atoms with Crippen molar-refractivity contribution < 1.29 is 0 Å². The van der Waals surface area contributed by atoms with Crippen molar-refractivity contribution in [2.75, 3.05) is 17.2 Å². The van der Waals surface area contributed by atoms with E-state index in [1.165, 1.54) is 43.7 Å². The van der Waals surface area contributed by atoms with Gasteiger partial charge in [-0.05, 0) is 70.4 Å². The molecule has 39 heavy (non-hydrogen) atoms. The summed E-state index contributed by atoms with van der Waals surface area (Å²) in [5.74, 6) is 1.16. The Balaban J connectivity index is 1.25. The summed E-state index contributed by atoms with van der Waals surface area (Å²) < 4.78 is 2.17. The van der Waals surface area contributed by atoms with Gasteiger partial charge in [-0.2, -0.15) is 0 Å². The van der Waals surface area contributed by atoms with Crippen LogP contribution in [0.25, 0.3) is 43.5 Å². The molecule has 1 atom stereocenters. The molecule has 0 saturated heterocycles. The summed E-state index contributed by atoms with van der Waals surface area (Å²) in [7, 11) is 0. The normalized spacial score (nSPS) is 14.9. The number of halogens is 2. The average molecular weight is 637 g/mol. The zero-order valence-corrected chi connectivity index (χ0v) is 23.9. The van der Waals surface area contributed by atoms with Gasteiger partial charge < -0.3 is 20.6 Å². The number of rotatable bonds is 4. The molecular formula is C32H23Br2N5. The minimum atomic E-state index is 0.168. The third-order valence-corrected chi connectivity index (χ3v) is 8.90. The van der Waals surface area contributed by atoms with E-state index in [0.29, 0.717) is 0 Å². The Hall–Kier alpha value is -3.81. The number of hydrogen-bond acceptors (Lipinski definition) is 3. The lowest BCUT2D eigenvalue weighted by molar-refractivity contribution is 0.836. The quantitative estimate of drug-likeness (QED) is 0.146. The van der Waals surface area contributed by atoms with Crippen molar-refractivity contribution in [1.82, 2.24) is 15.0 Å². The van der Waals surface area contributed by atoms with E-state index in [9.17, 15) is 0 Å². The number of nitrogens with zero attached hydrogens (tertiary/aromatic N) is 1. The van der Waals surface area contributed by atoms with Crippen LogP contribution in [0.3, 0.4) is 0 Å². The highest BCUT2D eigenvalue weighted by atomic mass is 79.9. The topological polar surface area (TPSA) is 68.5 Å². The fourth-order valence-electron chi connectivity index (χ4n) is 6.01. The van der Waals surface area contributed by atoms with E-state index in [2.05, 4.69) is 138 Å². The smallest absolute Gasteiger partial charge is 0.116 e. The van der Waals surface area contributed by atoms with Crippen LogP contribution < -0.4 is 10.6 Å². The second-order valence-electron chi connectivity index (χ2n) is 10.2. The van der Waals surface area contributed by atoms with Crippen LogP contribution in [0.1, 0.15) is 22.9 Å². The zero-order valence-electron chi connectivity index (χ0n) is 20.8. The maximum absolute atomic E-state index is 5.22. The van der Waals surface area contributed by atoms with Crippen molar-refractivity contribution in [1.29, 1.82) is 0 Å². The van der Waals surface area contributed by atoms with Gasteiger partial charge in [-0.15, -0.1) is 0 Å². The molecule has 0 fully saturated rings. The van der Waals surface area contributed by atoms with Gasteiger partial charge in [-0.1, -0.05) is 62.2 Å². The van der Waals surface area contributed by atoms with Crippen molar-refractivity contribution in [3.63, 3.8) is 0 Å². The largest absolute Gasteiger partial charge is 0.384 e. The van der Waals surface area contributed by atoms with E-state index in [0.717, 1.165) is 50.1 Å². The van der Waals surface area contributed by atoms with Gasteiger partial charge in [0.2, 0.25) is 0 Å². The Kier molecular flexibility index (Phi) is 5.25. The lowest BCUT2D eigenvalue weighted by Gasteiger charge is -2.10. The van der Waals surface area contributed by atoms with Gasteiger partial charge in [0.15, 0.2) is 0 Å². The number of aromatic nitrogens is 3. The van der Waals surface area contributed by atoms with Crippen LogP contribution >= 0.6 is 31.9 Å². The standard InChI is InChI=1S/C32H23Br2N5/c33-18-5-9-28-24(11-18)17(15-36-28)14-35-20-7-8-22-21-3-1-2-4-23(21)30-31(26(22)13-20)39-32(38-30)27-16-37-29-10-6-19(34)12-25(27)29/h1-13,15,27,35-37H,14,16H2,(H,38,39). The first kappa shape index (κ1) is 23.1. The molecule has 5 nitrogen and oxygen atoms in total. The monoisotopic (exact) mass is 635 g/mol. The molecule has 0 radical (unpaired) electrons. The molecule has 8 rings (SSSR count). The number of H-pyrrole nitrogens is 2. The number of anilines is 2. The van der Waals surface area contributed by atoms with Gasteiger partial charge in [0, 0.05) is 61.3 Å². The van der Waals surface area contributed by atoms with Crippen LogP contribution in [0.4, 0.5) is 11.4 Å². The van der Waals surface area contributed by atoms with Gasteiger partial charge in [-0.25, -0.2) is 4.98 Å². The van der Waals surface area contributed by atoms with Crippen LogP contribution in [0.5, 0.6) is 0 Å². The Morgan fingerprint density at radius 2 is 1.64 bits per heavy atom. The molecule has 7 aromatic rings. The minimum absolute atomic E-state index is 0.168. The number of nitrogens with one attached hydrogen (secondary N) is 4. The maximum atomic E-state index is 5.22. The summed E-state index contributed by atoms with van der Waals surface area (Å²) in [6.45, 7) is 1.56. The molecule has 0 spiro atoms. The van der Waals surface area contributed by atoms with Gasteiger partial charge in [0.25, 0.3) is 0 Å². The molecule has 0 bridgehead atoms. The Bertz CT molecular complexity index is 2070. The van der Waals surface area contributed by atoms with Crippen molar-refractivity contribution in [2.45, 2.75) is 12.5 Å². The molecule has 2 aromatic heterocycles. The molecule has 4 N–H and O–H groups in total. The van der Waals surface area contributed by atoms with Crippen LogP contribution in [-0.4, -0.2) is 21.5 Å². The lowest BCUT2D eigenvalue weighted by atomic mass is 9.99. The van der Waals surface area contributed by atoms with Crippen LogP contribution in [0.2, 0.25) is 0 Å². The summed E-state index contributed by atoms with van der Waals surface area (Å²) >= 11 is 7.25. The third kappa shape index (κ3) is 3.75. The fourth-order valence-corrected chi connectivity index (χ4v) is 6.75. The molecule has 0 amide bonds. The fraction of sp³-hybridized carbons (Fsp3) is 0.0938.